The van der Waals surface area contributed by atoms with Gasteiger partial charge in [0.15, 0.2) is 0 Å². The lowest BCUT2D eigenvalue weighted by molar-refractivity contribution is 0.0733. The molecule has 0 saturated heterocycles. The Hall–Kier alpha value is -3.54. The Morgan fingerprint density at radius 1 is 0.763 bits per heavy atom. The van der Waals surface area contributed by atoms with Crippen molar-refractivity contribution in [2.75, 3.05) is 6.61 Å². The molecule has 0 aromatic heterocycles. The largest absolute Gasteiger partial charge is 0.494 e. The molecule has 0 heterocycles. The first kappa shape index (κ1) is 29.0. The molecule has 0 aliphatic rings. The lowest BCUT2D eigenvalue weighted by Gasteiger charge is -2.09. The van der Waals surface area contributed by atoms with E-state index >= 15 is 0 Å². The summed E-state index contributed by atoms with van der Waals surface area (Å²) in [6, 6.07) is 18.1. The highest BCUT2D eigenvalue weighted by Crippen LogP contribution is 2.26. The third-order valence-corrected chi connectivity index (χ3v) is 6.31. The zero-order valence-electron chi connectivity index (χ0n) is 22.6. The number of benzene rings is 3. The minimum atomic E-state index is -0.441. The highest BCUT2D eigenvalue weighted by Gasteiger charge is 2.11. The van der Waals surface area contributed by atoms with E-state index in [4.69, 9.17) is 9.47 Å². The Bertz CT molecular complexity index is 1160. The molecule has 202 valence electrons. The molecule has 0 saturated carbocycles. The highest BCUT2D eigenvalue weighted by atomic mass is 19.1. The van der Waals surface area contributed by atoms with Crippen LogP contribution >= 0.6 is 0 Å². The number of hydrogen-bond donors (Lipinski definition) is 0. The smallest absolute Gasteiger partial charge is 0.343 e. The van der Waals surface area contributed by atoms with Gasteiger partial charge in [-0.25, -0.2) is 9.18 Å². The molecule has 0 aliphatic carbocycles. The van der Waals surface area contributed by atoms with Crippen molar-refractivity contribution in [3.63, 3.8) is 0 Å². The number of carbonyl (C=O) groups excluding carboxylic acids is 1. The molecule has 0 aliphatic heterocycles. The predicted octanol–water partition coefficient (Wildman–Crippen LogP) is 10.1. The first-order valence-corrected chi connectivity index (χ1v) is 13.8. The fraction of sp³-hybridized carbons (Fsp3) is 0.406. The highest BCUT2D eigenvalue weighted by molar-refractivity contribution is 5.91. The molecule has 0 N–H and O–H groups in total. The molecule has 0 spiro atoms. The predicted molar refractivity (Wildman–Crippen MR) is 150 cm³/mol. The summed E-state index contributed by atoms with van der Waals surface area (Å²) in [5.41, 5.74) is 2.19. The summed E-state index contributed by atoms with van der Waals surface area (Å²) in [5.74, 6) is 0.389. The van der Waals surface area contributed by atoms with Crippen molar-refractivity contribution >= 4 is 17.3 Å². The molecular weight excluding hydrogens is 479 g/mol. The molecule has 0 radical (unpaired) electrons. The summed E-state index contributed by atoms with van der Waals surface area (Å²) in [6.07, 6.45) is 12.9. The zero-order chi connectivity index (χ0) is 27.0. The molecule has 3 aromatic carbocycles. The summed E-state index contributed by atoms with van der Waals surface area (Å²) in [4.78, 5) is 12.6. The van der Waals surface area contributed by atoms with Gasteiger partial charge in [-0.15, -0.1) is 0 Å². The topological polar surface area (TPSA) is 60.2 Å². The number of nitrogens with zero attached hydrogens (tertiary/aromatic N) is 2. The first-order valence-electron chi connectivity index (χ1n) is 13.8. The van der Waals surface area contributed by atoms with E-state index < -0.39 is 5.97 Å². The van der Waals surface area contributed by atoms with Crippen molar-refractivity contribution in [1.82, 2.24) is 0 Å². The summed E-state index contributed by atoms with van der Waals surface area (Å²) >= 11 is 0. The number of unbranched alkanes of at least 4 members (excludes halogenated alkanes) is 9. The second-order valence-electron chi connectivity index (χ2n) is 9.57. The van der Waals surface area contributed by atoms with Gasteiger partial charge in [0.05, 0.1) is 23.5 Å². The van der Waals surface area contributed by atoms with E-state index in [1.54, 1.807) is 54.6 Å². The van der Waals surface area contributed by atoms with Crippen LogP contribution in [0.25, 0.3) is 0 Å². The lowest BCUT2D eigenvalue weighted by Crippen LogP contribution is -2.09. The van der Waals surface area contributed by atoms with Gasteiger partial charge in [-0.2, -0.15) is 10.2 Å². The number of esters is 1. The number of aryl methyl sites for hydroxylation is 1. The van der Waals surface area contributed by atoms with Gasteiger partial charge < -0.3 is 9.47 Å². The average Bonchev–Trinajstić information content (AvgIpc) is 2.92. The number of azo groups is 1. The van der Waals surface area contributed by atoms with E-state index in [1.165, 1.54) is 69.9 Å². The van der Waals surface area contributed by atoms with Crippen LogP contribution in [0.2, 0.25) is 0 Å². The maximum Gasteiger partial charge on any atom is 0.343 e. The summed E-state index contributed by atoms with van der Waals surface area (Å²) in [5, 5.41) is 8.18. The normalized spacial score (nSPS) is 11.1. The Labute approximate surface area is 226 Å². The Morgan fingerprint density at radius 2 is 1.39 bits per heavy atom. The van der Waals surface area contributed by atoms with Crippen LogP contribution < -0.4 is 9.47 Å². The molecule has 0 unspecified atom stereocenters. The lowest BCUT2D eigenvalue weighted by atomic mass is 10.1. The number of carbonyl (C=O) groups is 1. The van der Waals surface area contributed by atoms with Crippen molar-refractivity contribution in [1.29, 1.82) is 0 Å². The Kier molecular flexibility index (Phi) is 12.5. The molecule has 0 bridgehead atoms. The third kappa shape index (κ3) is 10.4. The van der Waals surface area contributed by atoms with Crippen LogP contribution in [0.3, 0.4) is 0 Å². The molecule has 0 amide bonds. The number of hydrogen-bond acceptors (Lipinski definition) is 5. The van der Waals surface area contributed by atoms with Crippen LogP contribution in [0.4, 0.5) is 15.8 Å². The van der Waals surface area contributed by atoms with Crippen molar-refractivity contribution < 1.29 is 18.7 Å². The van der Waals surface area contributed by atoms with E-state index in [2.05, 4.69) is 17.2 Å². The molecule has 3 aromatic rings. The van der Waals surface area contributed by atoms with Gasteiger partial charge in [-0.3, -0.25) is 0 Å². The van der Waals surface area contributed by atoms with Gasteiger partial charge in [0.1, 0.15) is 17.3 Å². The van der Waals surface area contributed by atoms with Gasteiger partial charge in [-0.05, 0) is 73.5 Å². The van der Waals surface area contributed by atoms with Crippen LogP contribution in [0, 0.1) is 12.7 Å². The number of halogens is 1. The molecule has 38 heavy (non-hydrogen) atoms. The third-order valence-electron chi connectivity index (χ3n) is 6.31. The van der Waals surface area contributed by atoms with Gasteiger partial charge in [0, 0.05) is 6.07 Å². The first-order chi connectivity index (χ1) is 18.5. The van der Waals surface area contributed by atoms with E-state index in [-0.39, 0.29) is 5.82 Å². The maximum atomic E-state index is 13.3. The average molecular weight is 519 g/mol. The molecule has 3 rings (SSSR count). The van der Waals surface area contributed by atoms with Crippen molar-refractivity contribution in [2.24, 2.45) is 10.2 Å². The minimum absolute atomic E-state index is 0.367. The Balaban J connectivity index is 1.37. The molecule has 6 heteroatoms. The summed E-state index contributed by atoms with van der Waals surface area (Å²) in [7, 11) is 0. The van der Waals surface area contributed by atoms with Gasteiger partial charge in [0.2, 0.25) is 0 Å². The SMILES string of the molecule is CCCCCCCCCCCCOc1ccc(C(=O)Oc2ccc(N=Nc3cccc(F)c3)cc2C)cc1. The van der Waals surface area contributed by atoms with Crippen LogP contribution in [-0.4, -0.2) is 12.6 Å². The van der Waals surface area contributed by atoms with Crippen molar-refractivity contribution in [3.8, 4) is 11.5 Å². The number of rotatable bonds is 16. The van der Waals surface area contributed by atoms with Crippen LogP contribution in [0.15, 0.2) is 77.0 Å². The Morgan fingerprint density at radius 3 is 2.03 bits per heavy atom. The van der Waals surface area contributed by atoms with Crippen molar-refractivity contribution in [2.45, 2.75) is 78.1 Å². The van der Waals surface area contributed by atoms with Gasteiger partial charge in [-0.1, -0.05) is 70.8 Å². The monoisotopic (exact) mass is 518 g/mol. The van der Waals surface area contributed by atoms with Crippen LogP contribution in [0.1, 0.15) is 87.1 Å². The van der Waals surface area contributed by atoms with Crippen LogP contribution in [-0.2, 0) is 0 Å². The van der Waals surface area contributed by atoms with Crippen molar-refractivity contribution in [3.05, 3.63) is 83.7 Å². The molecule has 0 fully saturated rings. The fourth-order valence-corrected chi connectivity index (χ4v) is 4.09. The van der Waals surface area contributed by atoms with Gasteiger partial charge >= 0.3 is 5.97 Å². The van der Waals surface area contributed by atoms with E-state index in [1.807, 2.05) is 6.92 Å². The zero-order valence-corrected chi connectivity index (χ0v) is 22.6. The summed E-state index contributed by atoms with van der Waals surface area (Å²) < 4.78 is 24.7. The van der Waals surface area contributed by atoms with Gasteiger partial charge in [0.25, 0.3) is 0 Å². The van der Waals surface area contributed by atoms with E-state index in [9.17, 15) is 9.18 Å². The maximum absolute atomic E-state index is 13.3. The quantitative estimate of drug-likeness (QED) is 0.0820. The van der Waals surface area contributed by atoms with Crippen LogP contribution in [0.5, 0.6) is 11.5 Å². The number of ether oxygens (including phenoxy) is 2. The fourth-order valence-electron chi connectivity index (χ4n) is 4.09. The van der Waals surface area contributed by atoms with E-state index in [0.717, 1.165) is 17.7 Å². The molecule has 5 nitrogen and oxygen atoms in total. The molecular formula is C32H39FN2O3. The minimum Gasteiger partial charge on any atom is -0.494 e. The second-order valence-corrected chi connectivity index (χ2v) is 9.57. The van der Waals surface area contributed by atoms with E-state index in [0.29, 0.717) is 29.3 Å². The second kappa shape index (κ2) is 16.3. The summed E-state index contributed by atoms with van der Waals surface area (Å²) in [6.45, 7) is 4.76. The standard InChI is InChI=1S/C32H39FN2O3/c1-3-4-5-6-7-8-9-10-11-12-22-37-30-19-16-26(17-20-30)32(36)38-31-21-18-29(23-25(31)2)35-34-28-15-13-14-27(33)24-28/h13-21,23-24H,3-12,22H2,1-2H3. The molecule has 0 atom stereocenters.